The highest BCUT2D eigenvalue weighted by molar-refractivity contribution is 9.10. The van der Waals surface area contributed by atoms with Crippen molar-refractivity contribution in [2.24, 2.45) is 0 Å². The second-order valence-electron chi connectivity index (χ2n) is 4.75. The number of benzene rings is 2. The van der Waals surface area contributed by atoms with Gasteiger partial charge >= 0.3 is 11.4 Å². The van der Waals surface area contributed by atoms with Crippen molar-refractivity contribution >= 4 is 49.0 Å². The number of hydrogen-bond acceptors (Lipinski definition) is 7. The molecule has 0 aromatic heterocycles. The van der Waals surface area contributed by atoms with Crippen LogP contribution in [0, 0.1) is 20.2 Å². The van der Waals surface area contributed by atoms with Crippen molar-refractivity contribution in [2.75, 3.05) is 6.61 Å². The lowest BCUT2D eigenvalue weighted by Crippen LogP contribution is -2.07. The number of carbonyl (C=O) groups excluding carboxylic acids is 1. The molecule has 11 heteroatoms. The standard InChI is InChI=1S/C9H8BrNO4.C6H4BrNO3/c1-6(12)5-15-9-3-2-7(10)4-8(9)11(13)14;7-4-1-2-6(9)5(3-4)8(10)11/h2-4H,5H2,1H3;1-3,9H. The number of aromatic hydroxyl groups is 1. The molecule has 138 valence electrons. The van der Waals surface area contributed by atoms with Crippen LogP contribution in [-0.4, -0.2) is 27.3 Å². The first-order valence-electron chi connectivity index (χ1n) is 6.81. The zero-order chi connectivity index (χ0) is 19.9. The zero-order valence-electron chi connectivity index (χ0n) is 13.2. The number of ether oxygens (including phenoxy) is 1. The summed E-state index contributed by atoms with van der Waals surface area (Å²) < 4.78 is 6.16. The average molecular weight is 492 g/mol. The number of nitrogens with zero attached hydrogens (tertiary/aromatic N) is 2. The smallest absolute Gasteiger partial charge is 0.312 e. The Labute approximate surface area is 164 Å². The fourth-order valence-electron chi connectivity index (χ4n) is 1.58. The second kappa shape index (κ2) is 9.82. The van der Waals surface area contributed by atoms with Gasteiger partial charge in [0.25, 0.3) is 0 Å². The molecule has 0 atom stereocenters. The molecule has 1 N–H and O–H groups in total. The van der Waals surface area contributed by atoms with Gasteiger partial charge in [-0.05, 0) is 31.2 Å². The summed E-state index contributed by atoms with van der Waals surface area (Å²) in [5.41, 5.74) is -0.454. The summed E-state index contributed by atoms with van der Waals surface area (Å²) >= 11 is 6.17. The van der Waals surface area contributed by atoms with Gasteiger partial charge in [-0.1, -0.05) is 31.9 Å². The van der Waals surface area contributed by atoms with Gasteiger partial charge in [0.05, 0.1) is 9.85 Å². The van der Waals surface area contributed by atoms with Gasteiger partial charge < -0.3 is 9.84 Å². The van der Waals surface area contributed by atoms with E-state index >= 15 is 0 Å². The zero-order valence-corrected chi connectivity index (χ0v) is 16.4. The minimum absolute atomic E-state index is 0.0957. The molecular weight excluding hydrogens is 480 g/mol. The van der Waals surface area contributed by atoms with Crippen molar-refractivity contribution in [3.8, 4) is 11.5 Å². The number of carbonyl (C=O) groups is 1. The SMILES string of the molecule is CC(=O)COc1ccc(Br)cc1[N+](=O)[O-].O=[N+]([O-])c1cc(Br)ccc1O. The van der Waals surface area contributed by atoms with Crippen LogP contribution in [0.4, 0.5) is 11.4 Å². The van der Waals surface area contributed by atoms with E-state index in [9.17, 15) is 25.0 Å². The van der Waals surface area contributed by atoms with Gasteiger partial charge in [0.1, 0.15) is 6.61 Å². The van der Waals surface area contributed by atoms with Crippen molar-refractivity contribution < 1.29 is 24.5 Å². The summed E-state index contributed by atoms with van der Waals surface area (Å²) in [5.74, 6) is -0.413. The molecule has 2 aromatic rings. The van der Waals surface area contributed by atoms with E-state index in [0.717, 1.165) is 0 Å². The largest absolute Gasteiger partial charge is 0.502 e. The maximum atomic E-state index is 10.7. The Balaban J connectivity index is 0.000000273. The summed E-state index contributed by atoms with van der Waals surface area (Å²) in [6, 6.07) is 8.43. The quantitative estimate of drug-likeness (QED) is 0.484. The molecule has 0 heterocycles. The Morgan fingerprint density at radius 1 is 1.04 bits per heavy atom. The second-order valence-corrected chi connectivity index (χ2v) is 6.58. The van der Waals surface area contributed by atoms with E-state index in [2.05, 4.69) is 31.9 Å². The predicted molar refractivity (Wildman–Crippen MR) is 99.4 cm³/mol. The van der Waals surface area contributed by atoms with Crippen LogP contribution in [0.5, 0.6) is 11.5 Å². The molecule has 0 saturated heterocycles. The van der Waals surface area contributed by atoms with Gasteiger partial charge in [-0.15, -0.1) is 0 Å². The molecule has 0 unspecified atom stereocenters. The van der Waals surface area contributed by atoms with Crippen LogP contribution in [0.2, 0.25) is 0 Å². The highest BCUT2D eigenvalue weighted by Crippen LogP contribution is 2.30. The minimum Gasteiger partial charge on any atom is -0.502 e. The van der Waals surface area contributed by atoms with E-state index in [1.54, 1.807) is 6.07 Å². The summed E-state index contributed by atoms with van der Waals surface area (Å²) in [6.45, 7) is 1.19. The highest BCUT2D eigenvalue weighted by Gasteiger charge is 2.15. The van der Waals surface area contributed by atoms with Gasteiger partial charge in [-0.3, -0.25) is 25.0 Å². The van der Waals surface area contributed by atoms with Crippen LogP contribution in [0.25, 0.3) is 0 Å². The fraction of sp³-hybridized carbons (Fsp3) is 0.133. The Morgan fingerprint density at radius 3 is 2.00 bits per heavy atom. The molecule has 2 aromatic carbocycles. The van der Waals surface area contributed by atoms with Gasteiger partial charge in [0.15, 0.2) is 17.3 Å². The molecule has 0 saturated carbocycles. The van der Waals surface area contributed by atoms with E-state index in [4.69, 9.17) is 9.84 Å². The van der Waals surface area contributed by atoms with Crippen LogP contribution in [0.3, 0.4) is 0 Å². The van der Waals surface area contributed by atoms with E-state index in [0.29, 0.717) is 8.95 Å². The maximum Gasteiger partial charge on any atom is 0.312 e. The molecule has 0 bridgehead atoms. The summed E-state index contributed by atoms with van der Waals surface area (Å²) in [4.78, 5) is 30.3. The first-order chi connectivity index (χ1) is 12.1. The number of hydrogen-bond donors (Lipinski definition) is 1. The van der Waals surface area contributed by atoms with Gasteiger partial charge in [-0.25, -0.2) is 0 Å². The van der Waals surface area contributed by atoms with Crippen LogP contribution in [0.1, 0.15) is 6.92 Å². The lowest BCUT2D eigenvalue weighted by Gasteiger charge is -2.04. The Morgan fingerprint density at radius 2 is 1.54 bits per heavy atom. The number of Topliss-reactive ketones (excluding diaryl/α,β-unsaturated/α-hetero) is 1. The fourth-order valence-corrected chi connectivity index (χ4v) is 2.28. The molecule has 9 nitrogen and oxygen atoms in total. The first-order valence-corrected chi connectivity index (χ1v) is 8.39. The van der Waals surface area contributed by atoms with E-state index in [1.807, 2.05) is 0 Å². The van der Waals surface area contributed by atoms with Crippen molar-refractivity contribution in [3.05, 3.63) is 65.6 Å². The topological polar surface area (TPSA) is 133 Å². The van der Waals surface area contributed by atoms with Crippen molar-refractivity contribution in [3.63, 3.8) is 0 Å². The molecule has 2 rings (SSSR count). The lowest BCUT2D eigenvalue weighted by atomic mass is 10.3. The Kier molecular flexibility index (Phi) is 8.13. The number of phenols is 1. The van der Waals surface area contributed by atoms with Crippen molar-refractivity contribution in [2.45, 2.75) is 6.92 Å². The molecule has 0 aliphatic rings. The molecular formula is C15H12Br2N2O7. The van der Waals surface area contributed by atoms with Crippen LogP contribution < -0.4 is 4.74 Å². The van der Waals surface area contributed by atoms with E-state index < -0.39 is 9.85 Å². The van der Waals surface area contributed by atoms with Crippen molar-refractivity contribution in [1.82, 2.24) is 0 Å². The third-order valence-corrected chi connectivity index (χ3v) is 3.67. The monoisotopic (exact) mass is 490 g/mol. The number of nitro groups is 2. The van der Waals surface area contributed by atoms with E-state index in [1.165, 1.54) is 37.3 Å². The average Bonchev–Trinajstić information content (AvgIpc) is 2.56. The van der Waals surface area contributed by atoms with Crippen LogP contribution in [-0.2, 0) is 4.79 Å². The van der Waals surface area contributed by atoms with E-state index in [-0.39, 0.29) is 35.3 Å². The highest BCUT2D eigenvalue weighted by atomic mass is 79.9. The maximum absolute atomic E-state index is 10.7. The van der Waals surface area contributed by atoms with Crippen molar-refractivity contribution in [1.29, 1.82) is 0 Å². The van der Waals surface area contributed by atoms with Gasteiger partial charge in [0.2, 0.25) is 0 Å². The molecule has 0 aliphatic carbocycles. The Hall–Kier alpha value is -2.53. The van der Waals surface area contributed by atoms with Gasteiger partial charge in [0, 0.05) is 21.1 Å². The lowest BCUT2D eigenvalue weighted by molar-refractivity contribution is -0.386. The van der Waals surface area contributed by atoms with Crippen LogP contribution in [0.15, 0.2) is 45.3 Å². The molecule has 0 spiro atoms. The van der Waals surface area contributed by atoms with Gasteiger partial charge in [-0.2, -0.15) is 0 Å². The molecule has 26 heavy (non-hydrogen) atoms. The summed E-state index contributed by atoms with van der Waals surface area (Å²) in [7, 11) is 0. The first kappa shape index (κ1) is 21.5. The van der Waals surface area contributed by atoms with Crippen LogP contribution >= 0.6 is 31.9 Å². The molecule has 0 aliphatic heterocycles. The predicted octanol–water partition coefficient (Wildman–Crippen LogP) is 4.39. The number of nitro benzene ring substituents is 2. The summed E-state index contributed by atoms with van der Waals surface area (Å²) in [5, 5.41) is 29.8. The molecule has 0 radical (unpaired) electrons. The third kappa shape index (κ3) is 6.76. The number of halogens is 2. The third-order valence-electron chi connectivity index (χ3n) is 2.68. The number of ketones is 1. The number of phenolic OH excluding ortho intramolecular Hbond substituents is 1. The summed E-state index contributed by atoms with van der Waals surface area (Å²) in [6.07, 6.45) is 0. The molecule has 0 fully saturated rings. The molecule has 0 amide bonds. The number of rotatable bonds is 5. The Bertz CT molecular complexity index is 843. The normalized spacial score (nSPS) is 9.65. The minimum atomic E-state index is -0.639.